The molecule has 0 radical (unpaired) electrons. The Balaban J connectivity index is 2.28. The van der Waals surface area contributed by atoms with Gasteiger partial charge in [0.25, 0.3) is 5.91 Å². The predicted molar refractivity (Wildman–Crippen MR) is 68.9 cm³/mol. The van der Waals surface area contributed by atoms with Gasteiger partial charge in [0.2, 0.25) is 0 Å². The van der Waals surface area contributed by atoms with Crippen molar-refractivity contribution in [3.63, 3.8) is 0 Å². The van der Waals surface area contributed by atoms with Crippen LogP contribution in [0.15, 0.2) is 49.2 Å². The average Bonchev–Trinajstić information content (AvgIpc) is 2.38. The highest BCUT2D eigenvalue weighted by Gasteiger charge is 2.08. The molecule has 1 aromatic carbocycles. The van der Waals surface area contributed by atoms with Gasteiger partial charge in [0, 0.05) is 23.7 Å². The van der Waals surface area contributed by atoms with Crippen molar-refractivity contribution >= 4 is 16.8 Å². The molecule has 2 rings (SSSR count). The molecule has 0 spiro atoms. The first-order chi connectivity index (χ1) is 8.33. The highest BCUT2D eigenvalue weighted by molar-refractivity contribution is 6.06. The lowest BCUT2D eigenvalue weighted by atomic mass is 10.1. The fourth-order valence-electron chi connectivity index (χ4n) is 1.68. The quantitative estimate of drug-likeness (QED) is 0.643. The van der Waals surface area contributed by atoms with E-state index in [0.29, 0.717) is 12.1 Å². The Kier molecular flexibility index (Phi) is 3.50. The summed E-state index contributed by atoms with van der Waals surface area (Å²) in [6.07, 6.45) is 4.28. The minimum Gasteiger partial charge on any atom is -0.352 e. The number of pyridine rings is 1. The van der Waals surface area contributed by atoms with Crippen LogP contribution in [0.2, 0.25) is 0 Å². The lowest BCUT2D eigenvalue weighted by molar-refractivity contribution is 0.0956. The van der Waals surface area contributed by atoms with Gasteiger partial charge in [-0.2, -0.15) is 0 Å². The Morgan fingerprint density at radius 2 is 2.24 bits per heavy atom. The monoisotopic (exact) mass is 226 g/mol. The molecule has 2 aromatic rings. The van der Waals surface area contributed by atoms with Gasteiger partial charge < -0.3 is 5.32 Å². The molecular formula is C14H14N2O. The Morgan fingerprint density at radius 1 is 1.35 bits per heavy atom. The van der Waals surface area contributed by atoms with Crippen LogP contribution in [0, 0.1) is 0 Å². The third-order valence-electron chi connectivity index (χ3n) is 2.52. The molecule has 1 N–H and O–H groups in total. The molecule has 17 heavy (non-hydrogen) atoms. The number of aromatic nitrogens is 1. The number of carbonyl (C=O) groups excluding carboxylic acids is 1. The number of nitrogens with zero attached hydrogens (tertiary/aromatic N) is 1. The Labute approximate surface area is 100 Å². The van der Waals surface area contributed by atoms with E-state index in [1.807, 2.05) is 30.3 Å². The van der Waals surface area contributed by atoms with E-state index in [9.17, 15) is 4.79 Å². The van der Waals surface area contributed by atoms with Gasteiger partial charge in [-0.05, 0) is 24.6 Å². The summed E-state index contributed by atoms with van der Waals surface area (Å²) in [6.45, 7) is 4.23. The third-order valence-corrected chi connectivity index (χ3v) is 2.52. The van der Waals surface area contributed by atoms with E-state index < -0.39 is 0 Å². The van der Waals surface area contributed by atoms with Gasteiger partial charge in [-0.3, -0.25) is 9.78 Å². The minimum atomic E-state index is -0.0644. The number of fused-ring (bicyclic) bond motifs is 1. The highest BCUT2D eigenvalue weighted by atomic mass is 16.1. The Morgan fingerprint density at radius 3 is 3.06 bits per heavy atom. The van der Waals surface area contributed by atoms with Crippen LogP contribution in [0.1, 0.15) is 16.8 Å². The van der Waals surface area contributed by atoms with Gasteiger partial charge in [0.1, 0.15) is 0 Å². The van der Waals surface area contributed by atoms with Gasteiger partial charge >= 0.3 is 0 Å². The molecule has 0 fully saturated rings. The second kappa shape index (κ2) is 5.25. The number of benzene rings is 1. The molecule has 0 atom stereocenters. The van der Waals surface area contributed by atoms with Crippen molar-refractivity contribution in [3.8, 4) is 0 Å². The topological polar surface area (TPSA) is 42.0 Å². The van der Waals surface area contributed by atoms with Gasteiger partial charge in [-0.1, -0.05) is 18.2 Å². The van der Waals surface area contributed by atoms with Crippen LogP contribution in [0.5, 0.6) is 0 Å². The molecule has 0 aliphatic heterocycles. The number of hydrogen-bond acceptors (Lipinski definition) is 2. The van der Waals surface area contributed by atoms with E-state index in [2.05, 4.69) is 16.9 Å². The number of nitrogens with one attached hydrogen (secondary N) is 1. The molecule has 0 aliphatic carbocycles. The largest absolute Gasteiger partial charge is 0.352 e. The standard InChI is InChI=1S/C14H14N2O/c1-2-3-9-16-14(17)12-6-4-8-13-11(12)7-5-10-15-13/h2,4-8,10H,1,3,9H2,(H,16,17). The molecule has 1 heterocycles. The molecule has 86 valence electrons. The minimum absolute atomic E-state index is 0.0644. The fourth-order valence-corrected chi connectivity index (χ4v) is 1.68. The molecular weight excluding hydrogens is 212 g/mol. The number of hydrogen-bond donors (Lipinski definition) is 1. The van der Waals surface area contributed by atoms with Crippen LogP contribution < -0.4 is 5.32 Å². The molecule has 0 saturated heterocycles. The number of amides is 1. The van der Waals surface area contributed by atoms with E-state index in [1.165, 1.54) is 0 Å². The van der Waals surface area contributed by atoms with Crippen molar-refractivity contribution in [2.24, 2.45) is 0 Å². The van der Waals surface area contributed by atoms with Crippen molar-refractivity contribution < 1.29 is 4.79 Å². The average molecular weight is 226 g/mol. The summed E-state index contributed by atoms with van der Waals surface area (Å²) in [5.74, 6) is -0.0644. The first kappa shape index (κ1) is 11.3. The van der Waals surface area contributed by atoms with Crippen LogP contribution in [0.4, 0.5) is 0 Å². The first-order valence-corrected chi connectivity index (χ1v) is 5.56. The van der Waals surface area contributed by atoms with Crippen LogP contribution in [-0.4, -0.2) is 17.4 Å². The Hall–Kier alpha value is -2.16. The second-order valence-corrected chi connectivity index (χ2v) is 3.71. The van der Waals surface area contributed by atoms with E-state index in [4.69, 9.17) is 0 Å². The second-order valence-electron chi connectivity index (χ2n) is 3.71. The zero-order valence-corrected chi connectivity index (χ0v) is 9.52. The zero-order chi connectivity index (χ0) is 12.1. The van der Waals surface area contributed by atoms with Crippen molar-refractivity contribution in [2.45, 2.75) is 6.42 Å². The van der Waals surface area contributed by atoms with E-state index in [0.717, 1.165) is 17.3 Å². The van der Waals surface area contributed by atoms with Gasteiger partial charge in [0.05, 0.1) is 5.52 Å². The zero-order valence-electron chi connectivity index (χ0n) is 9.52. The van der Waals surface area contributed by atoms with Gasteiger partial charge in [0.15, 0.2) is 0 Å². The summed E-state index contributed by atoms with van der Waals surface area (Å²) < 4.78 is 0. The maximum absolute atomic E-state index is 12.0. The number of carbonyl (C=O) groups is 1. The van der Waals surface area contributed by atoms with E-state index >= 15 is 0 Å². The third kappa shape index (κ3) is 2.50. The summed E-state index contributed by atoms with van der Waals surface area (Å²) in [7, 11) is 0. The van der Waals surface area contributed by atoms with E-state index in [-0.39, 0.29) is 5.91 Å². The van der Waals surface area contributed by atoms with Crippen molar-refractivity contribution in [1.82, 2.24) is 10.3 Å². The van der Waals surface area contributed by atoms with Gasteiger partial charge in [-0.25, -0.2) is 0 Å². The lowest BCUT2D eigenvalue weighted by Gasteiger charge is -2.06. The summed E-state index contributed by atoms with van der Waals surface area (Å²) in [4.78, 5) is 16.2. The maximum Gasteiger partial charge on any atom is 0.251 e. The molecule has 0 bridgehead atoms. The Bertz CT molecular complexity index is 543. The summed E-state index contributed by atoms with van der Waals surface area (Å²) in [6, 6.07) is 9.30. The molecule has 1 amide bonds. The molecule has 0 aliphatic rings. The van der Waals surface area contributed by atoms with Crippen LogP contribution in [-0.2, 0) is 0 Å². The SMILES string of the molecule is C=CCCNC(=O)c1cccc2ncccc12. The van der Waals surface area contributed by atoms with Crippen LogP contribution in [0.25, 0.3) is 10.9 Å². The van der Waals surface area contributed by atoms with E-state index in [1.54, 1.807) is 12.3 Å². The van der Waals surface area contributed by atoms with Crippen LogP contribution in [0.3, 0.4) is 0 Å². The van der Waals surface area contributed by atoms with Crippen molar-refractivity contribution in [3.05, 3.63) is 54.7 Å². The predicted octanol–water partition coefficient (Wildman–Crippen LogP) is 2.54. The smallest absolute Gasteiger partial charge is 0.251 e. The maximum atomic E-state index is 12.0. The van der Waals surface area contributed by atoms with Crippen LogP contribution >= 0.6 is 0 Å². The molecule has 0 saturated carbocycles. The first-order valence-electron chi connectivity index (χ1n) is 5.56. The lowest BCUT2D eigenvalue weighted by Crippen LogP contribution is -2.24. The summed E-state index contributed by atoms with van der Waals surface area (Å²) >= 11 is 0. The fraction of sp³-hybridized carbons (Fsp3) is 0.143. The summed E-state index contributed by atoms with van der Waals surface area (Å²) in [5.41, 5.74) is 1.50. The number of rotatable bonds is 4. The van der Waals surface area contributed by atoms with Crippen molar-refractivity contribution in [1.29, 1.82) is 0 Å². The molecule has 3 nitrogen and oxygen atoms in total. The molecule has 3 heteroatoms. The normalized spacial score (nSPS) is 10.1. The highest BCUT2D eigenvalue weighted by Crippen LogP contribution is 2.15. The molecule has 0 unspecified atom stereocenters. The molecule has 1 aromatic heterocycles. The van der Waals surface area contributed by atoms with Crippen molar-refractivity contribution in [2.75, 3.05) is 6.54 Å². The van der Waals surface area contributed by atoms with Gasteiger partial charge in [-0.15, -0.1) is 6.58 Å². The summed E-state index contributed by atoms with van der Waals surface area (Å²) in [5, 5.41) is 3.73.